The first-order valence-corrected chi connectivity index (χ1v) is 21.8. The summed E-state index contributed by atoms with van der Waals surface area (Å²) >= 11 is 1.81. The van der Waals surface area contributed by atoms with Gasteiger partial charge in [-0.05, 0) is 81.2 Å². The van der Waals surface area contributed by atoms with Crippen LogP contribution in [0.25, 0.3) is 109 Å². The van der Waals surface area contributed by atoms with E-state index in [1.807, 2.05) is 52.3 Å². The molecule has 3 aromatic heterocycles. The van der Waals surface area contributed by atoms with Gasteiger partial charge in [0.15, 0.2) is 0 Å². The van der Waals surface area contributed by atoms with E-state index in [-0.39, 0.29) is 21.9 Å². The lowest BCUT2D eigenvalue weighted by atomic mass is 9.64. The molecule has 0 N–H and O–H groups in total. The molecular formula is C54H27B7N2S. The monoisotopic (exact) mass is 812 g/mol. The van der Waals surface area contributed by atoms with Crippen molar-refractivity contribution in [1.82, 2.24) is 9.13 Å². The Morgan fingerprint density at radius 1 is 0.359 bits per heavy atom. The van der Waals surface area contributed by atoms with Crippen LogP contribution in [-0.4, -0.2) is 64.1 Å². The van der Waals surface area contributed by atoms with Crippen LogP contribution in [0.1, 0.15) is 0 Å². The summed E-state index contributed by atoms with van der Waals surface area (Å²) in [6, 6.07) is 56.8. The molecule has 10 heteroatoms. The van der Waals surface area contributed by atoms with Crippen LogP contribution in [0.15, 0.2) is 164 Å². The van der Waals surface area contributed by atoms with Crippen molar-refractivity contribution in [2.45, 2.75) is 0 Å². The van der Waals surface area contributed by atoms with Gasteiger partial charge in [-0.1, -0.05) is 149 Å². The number of benzene rings is 9. The summed E-state index contributed by atoms with van der Waals surface area (Å²) in [6.07, 6.45) is 0. The average Bonchev–Trinajstić information content (AvgIpc) is 4.01. The van der Waals surface area contributed by atoms with E-state index in [1.165, 1.54) is 20.2 Å². The second-order valence-electron chi connectivity index (χ2n) is 16.4. The summed E-state index contributed by atoms with van der Waals surface area (Å²) in [7, 11) is 49.0. The summed E-state index contributed by atoms with van der Waals surface area (Å²) in [6.45, 7) is 0. The van der Waals surface area contributed by atoms with Crippen LogP contribution >= 0.6 is 11.3 Å². The smallest absolute Gasteiger partial charge is 0.115 e. The minimum absolute atomic E-state index is 0.176. The third-order valence-corrected chi connectivity index (χ3v) is 14.1. The maximum atomic E-state index is 7.46. The van der Waals surface area contributed by atoms with Gasteiger partial charge in [0.1, 0.15) is 54.9 Å². The van der Waals surface area contributed by atoms with Gasteiger partial charge in [0.2, 0.25) is 0 Å². The van der Waals surface area contributed by atoms with Crippen molar-refractivity contribution in [1.29, 1.82) is 0 Å². The van der Waals surface area contributed by atoms with Gasteiger partial charge in [0, 0.05) is 48.4 Å². The Hall–Kier alpha value is -6.75. The predicted molar refractivity (Wildman–Crippen MR) is 282 cm³/mol. The molecule has 64 heavy (non-hydrogen) atoms. The fraction of sp³-hybridized carbons (Fsp3) is 0. The highest BCUT2D eigenvalue weighted by atomic mass is 32.1. The highest BCUT2D eigenvalue weighted by molar-refractivity contribution is 7.26. The molecule has 0 atom stereocenters. The first-order valence-electron chi connectivity index (χ1n) is 21.0. The lowest BCUT2D eigenvalue weighted by molar-refractivity contribution is 1.19. The molecule has 0 aliphatic heterocycles. The number of hydrogen-bond acceptors (Lipinski definition) is 1. The first kappa shape index (κ1) is 38.9. The van der Waals surface area contributed by atoms with Gasteiger partial charge in [0.25, 0.3) is 0 Å². The van der Waals surface area contributed by atoms with E-state index in [9.17, 15) is 0 Å². The topological polar surface area (TPSA) is 9.86 Å². The molecule has 0 unspecified atom stereocenters. The summed E-state index contributed by atoms with van der Waals surface area (Å²) in [4.78, 5) is 0. The summed E-state index contributed by atoms with van der Waals surface area (Å²) < 4.78 is 6.80. The largest absolute Gasteiger partial charge is 0.311 e. The maximum absolute atomic E-state index is 7.46. The Bertz CT molecular complexity index is 3930. The quantitative estimate of drug-likeness (QED) is 0.169. The van der Waals surface area contributed by atoms with Crippen molar-refractivity contribution in [3.8, 4) is 44.8 Å². The fourth-order valence-electron chi connectivity index (χ4n) is 9.97. The Balaban J connectivity index is 1.17. The number of thiophene rings is 1. The van der Waals surface area contributed by atoms with Crippen LogP contribution in [-0.2, 0) is 0 Å². The van der Waals surface area contributed by atoms with Gasteiger partial charge in [0.05, 0.1) is 21.4 Å². The molecule has 0 spiro atoms. The average molecular weight is 812 g/mol. The lowest BCUT2D eigenvalue weighted by Crippen LogP contribution is -2.48. The third kappa shape index (κ3) is 5.55. The number of rotatable bonds is 5. The Morgan fingerprint density at radius 3 is 1.77 bits per heavy atom. The molecule has 0 aliphatic rings. The van der Waals surface area contributed by atoms with Crippen LogP contribution in [0.5, 0.6) is 0 Å². The standard InChI is InChI=1S/C54H27B7N2S/c55-45-41(46(56)50(60)52-43(45)44-47(57)48(58)49(59)51(61)53(44)62(52)32-17-9-16-30(26-32)28-12-3-1-4-13-28)31-24-25-37-36(27-31)42-33(29-14-5-2-6-15-29)19-10-21-38(42)63(37)39-22-11-20-35-34-18-7-8-23-40(34)64-54(35)39/h1-27H. The van der Waals surface area contributed by atoms with Gasteiger partial charge in [-0.15, -0.1) is 22.3 Å². The molecule has 0 amide bonds. The minimum atomic E-state index is 0.176. The van der Waals surface area contributed by atoms with E-state index in [1.54, 1.807) is 0 Å². The van der Waals surface area contributed by atoms with Gasteiger partial charge >= 0.3 is 0 Å². The molecular weight excluding hydrogens is 784 g/mol. The minimum Gasteiger partial charge on any atom is -0.311 e. The van der Waals surface area contributed by atoms with Crippen LogP contribution in [0, 0.1) is 0 Å². The van der Waals surface area contributed by atoms with Crippen molar-refractivity contribution in [2.75, 3.05) is 0 Å². The Morgan fingerprint density at radius 2 is 0.984 bits per heavy atom. The molecule has 9 aromatic carbocycles. The number of fused-ring (bicyclic) bond motifs is 9. The molecule has 14 radical (unpaired) electrons. The third-order valence-electron chi connectivity index (χ3n) is 12.9. The normalized spacial score (nSPS) is 11.9. The fourth-order valence-corrected chi connectivity index (χ4v) is 11.2. The van der Waals surface area contributed by atoms with Gasteiger partial charge < -0.3 is 9.13 Å². The molecule has 3 heterocycles. The summed E-state index contributed by atoms with van der Waals surface area (Å²) in [5.74, 6) is 0. The molecule has 0 saturated heterocycles. The summed E-state index contributed by atoms with van der Waals surface area (Å²) in [5.41, 5.74) is 12.6. The van der Waals surface area contributed by atoms with Crippen LogP contribution in [0.2, 0.25) is 0 Å². The second-order valence-corrected chi connectivity index (χ2v) is 17.4. The van der Waals surface area contributed by atoms with Gasteiger partial charge in [-0.2, -0.15) is 0 Å². The van der Waals surface area contributed by atoms with Crippen LogP contribution < -0.4 is 38.2 Å². The molecule has 0 aliphatic carbocycles. The zero-order chi connectivity index (χ0) is 43.5. The summed E-state index contributed by atoms with van der Waals surface area (Å²) in [5, 5.41) is 5.74. The predicted octanol–water partition coefficient (Wildman–Crippen LogP) is 6.81. The SMILES string of the molecule is [B]c1c([B])c([B])c2c(c1[B])c1c([B])c(-c3ccc4c(c3)c3c(-c5ccccc5)cccc3n4-c3cccc4c3sc3ccccc34)c([B])c([B])c1n2-c1cccc(-c2ccccc2)c1. The lowest BCUT2D eigenvalue weighted by Gasteiger charge is -2.19. The van der Waals surface area contributed by atoms with Crippen molar-refractivity contribution in [3.05, 3.63) is 164 Å². The van der Waals surface area contributed by atoms with E-state index < -0.39 is 0 Å². The van der Waals surface area contributed by atoms with E-state index in [4.69, 9.17) is 54.9 Å². The highest BCUT2D eigenvalue weighted by Crippen LogP contribution is 2.44. The van der Waals surface area contributed by atoms with E-state index in [2.05, 4.69) is 132 Å². The van der Waals surface area contributed by atoms with E-state index in [0.717, 1.165) is 61.0 Å². The number of nitrogens with zero attached hydrogens (tertiary/aromatic N) is 2. The molecule has 12 aromatic rings. The first-order chi connectivity index (χ1) is 31.2. The number of hydrogen-bond donors (Lipinski definition) is 0. The van der Waals surface area contributed by atoms with E-state index >= 15 is 0 Å². The molecule has 280 valence electrons. The van der Waals surface area contributed by atoms with Crippen molar-refractivity contribution < 1.29 is 0 Å². The van der Waals surface area contributed by atoms with Crippen molar-refractivity contribution in [3.63, 3.8) is 0 Å². The Labute approximate surface area is 383 Å². The molecule has 0 bridgehead atoms. The van der Waals surface area contributed by atoms with Crippen LogP contribution in [0.4, 0.5) is 0 Å². The molecule has 2 nitrogen and oxygen atoms in total. The van der Waals surface area contributed by atoms with Crippen LogP contribution in [0.3, 0.4) is 0 Å². The number of aromatic nitrogens is 2. The maximum Gasteiger partial charge on any atom is 0.115 e. The zero-order valence-electron chi connectivity index (χ0n) is 34.4. The highest BCUT2D eigenvalue weighted by Gasteiger charge is 2.26. The van der Waals surface area contributed by atoms with Crippen molar-refractivity contribution in [2.24, 2.45) is 0 Å². The second kappa shape index (κ2) is 14.7. The van der Waals surface area contributed by atoms with Gasteiger partial charge in [-0.3, -0.25) is 0 Å². The zero-order valence-corrected chi connectivity index (χ0v) is 35.2. The van der Waals surface area contributed by atoms with Gasteiger partial charge in [-0.25, -0.2) is 0 Å². The van der Waals surface area contributed by atoms with E-state index in [0.29, 0.717) is 43.8 Å². The Kier molecular flexibility index (Phi) is 8.91. The van der Waals surface area contributed by atoms with Crippen molar-refractivity contribution >= 4 is 168 Å². The molecule has 0 saturated carbocycles. The molecule has 0 fully saturated rings. The molecule has 12 rings (SSSR count).